The quantitative estimate of drug-likeness (QED) is 0.663. The van der Waals surface area contributed by atoms with Crippen LogP contribution in [0.15, 0.2) is 12.1 Å². The monoisotopic (exact) mass is 279 g/mol. The zero-order valence-corrected chi connectivity index (χ0v) is 11.9. The number of nitro groups is 1. The standard InChI is InChI=1S/C14H17NO5/c1-13(2)7-14(3,4)20-11-9(13)5-8(12(16)17)6-10(11)15(18)19/h5-6H,7H2,1-4H3,(H,16,17). The van der Waals surface area contributed by atoms with Gasteiger partial charge in [0.15, 0.2) is 0 Å². The summed E-state index contributed by atoms with van der Waals surface area (Å²) in [5, 5.41) is 20.3. The van der Waals surface area contributed by atoms with Crippen molar-refractivity contribution < 1.29 is 19.6 Å². The molecule has 0 bridgehead atoms. The molecule has 1 N–H and O–H groups in total. The molecule has 2 rings (SSSR count). The number of nitrogens with zero attached hydrogens (tertiary/aromatic N) is 1. The Morgan fingerprint density at radius 1 is 1.35 bits per heavy atom. The maximum atomic E-state index is 11.2. The van der Waals surface area contributed by atoms with E-state index in [0.29, 0.717) is 12.0 Å². The van der Waals surface area contributed by atoms with Crippen molar-refractivity contribution >= 4 is 11.7 Å². The molecule has 108 valence electrons. The van der Waals surface area contributed by atoms with Gasteiger partial charge in [0, 0.05) is 11.6 Å². The van der Waals surface area contributed by atoms with Crippen molar-refractivity contribution in [3.05, 3.63) is 33.4 Å². The highest BCUT2D eigenvalue weighted by molar-refractivity contribution is 5.89. The highest BCUT2D eigenvalue weighted by Crippen LogP contribution is 2.49. The van der Waals surface area contributed by atoms with E-state index in [-0.39, 0.29) is 17.0 Å². The molecule has 0 amide bonds. The molecule has 1 heterocycles. The number of nitro benzene ring substituents is 1. The molecule has 0 spiro atoms. The molecule has 0 unspecified atom stereocenters. The van der Waals surface area contributed by atoms with Gasteiger partial charge in [0.25, 0.3) is 0 Å². The van der Waals surface area contributed by atoms with Gasteiger partial charge in [-0.25, -0.2) is 4.79 Å². The van der Waals surface area contributed by atoms with Crippen LogP contribution in [0.4, 0.5) is 5.69 Å². The van der Waals surface area contributed by atoms with Crippen LogP contribution < -0.4 is 4.74 Å². The zero-order chi connectivity index (χ0) is 15.3. The summed E-state index contributed by atoms with van der Waals surface area (Å²) in [6, 6.07) is 2.53. The van der Waals surface area contributed by atoms with Gasteiger partial charge in [0.2, 0.25) is 5.75 Å². The number of carboxylic acid groups (broad SMARTS) is 1. The summed E-state index contributed by atoms with van der Waals surface area (Å²) < 4.78 is 5.75. The largest absolute Gasteiger partial charge is 0.481 e. The van der Waals surface area contributed by atoms with Gasteiger partial charge in [-0.05, 0) is 31.7 Å². The number of carbonyl (C=O) groups is 1. The lowest BCUT2D eigenvalue weighted by Gasteiger charge is -2.42. The van der Waals surface area contributed by atoms with Gasteiger partial charge in [-0.3, -0.25) is 10.1 Å². The first-order valence-electron chi connectivity index (χ1n) is 6.29. The smallest absolute Gasteiger partial charge is 0.335 e. The molecule has 0 aromatic heterocycles. The molecule has 6 heteroatoms. The fourth-order valence-corrected chi connectivity index (χ4v) is 2.95. The maximum absolute atomic E-state index is 11.2. The van der Waals surface area contributed by atoms with Gasteiger partial charge in [0.1, 0.15) is 5.60 Å². The molecule has 0 aliphatic carbocycles. The number of rotatable bonds is 2. The van der Waals surface area contributed by atoms with E-state index in [1.807, 2.05) is 27.7 Å². The third-order valence-corrected chi connectivity index (χ3v) is 3.49. The number of fused-ring (bicyclic) bond motifs is 1. The summed E-state index contributed by atoms with van der Waals surface area (Å²) in [5.74, 6) is -1.00. The van der Waals surface area contributed by atoms with Crippen LogP contribution in [0, 0.1) is 10.1 Å². The van der Waals surface area contributed by atoms with E-state index in [1.165, 1.54) is 6.07 Å². The van der Waals surface area contributed by atoms with Crippen molar-refractivity contribution in [1.29, 1.82) is 0 Å². The molecule has 1 aromatic carbocycles. The summed E-state index contributed by atoms with van der Waals surface area (Å²) in [6.45, 7) is 7.61. The molecule has 1 aromatic rings. The Kier molecular flexibility index (Phi) is 3.00. The van der Waals surface area contributed by atoms with E-state index in [2.05, 4.69) is 0 Å². The Bertz CT molecular complexity index is 604. The first kappa shape index (κ1) is 14.3. The minimum absolute atomic E-state index is 0.0909. The van der Waals surface area contributed by atoms with E-state index >= 15 is 0 Å². The molecule has 0 saturated heterocycles. The Balaban J connectivity index is 2.77. The lowest BCUT2D eigenvalue weighted by Crippen LogP contribution is -2.41. The van der Waals surface area contributed by atoms with Gasteiger partial charge in [-0.2, -0.15) is 0 Å². The second kappa shape index (κ2) is 4.19. The topological polar surface area (TPSA) is 89.7 Å². The number of carboxylic acids is 1. The molecule has 20 heavy (non-hydrogen) atoms. The molecular formula is C14H17NO5. The number of hydrogen-bond donors (Lipinski definition) is 1. The van der Waals surface area contributed by atoms with E-state index in [9.17, 15) is 14.9 Å². The van der Waals surface area contributed by atoms with Crippen molar-refractivity contribution in [2.45, 2.75) is 45.1 Å². The van der Waals surface area contributed by atoms with Crippen LogP contribution in [-0.2, 0) is 5.41 Å². The minimum Gasteiger partial charge on any atom is -0.481 e. The first-order valence-corrected chi connectivity index (χ1v) is 6.29. The summed E-state index contributed by atoms with van der Waals surface area (Å²) in [5.41, 5.74) is -0.741. The lowest BCUT2D eigenvalue weighted by atomic mass is 9.73. The van der Waals surface area contributed by atoms with Crippen molar-refractivity contribution in [3.63, 3.8) is 0 Å². The summed E-state index contributed by atoms with van der Waals surface area (Å²) in [4.78, 5) is 21.7. The van der Waals surface area contributed by atoms with E-state index in [0.717, 1.165) is 6.07 Å². The second-order valence-electron chi connectivity index (χ2n) is 6.36. The van der Waals surface area contributed by atoms with Crippen molar-refractivity contribution in [2.75, 3.05) is 0 Å². The van der Waals surface area contributed by atoms with Crippen LogP contribution in [0.2, 0.25) is 0 Å². The molecule has 0 fully saturated rings. The molecule has 0 saturated carbocycles. The van der Waals surface area contributed by atoms with Crippen molar-refractivity contribution in [1.82, 2.24) is 0 Å². The normalized spacial score (nSPS) is 18.8. The molecule has 6 nitrogen and oxygen atoms in total. The van der Waals surface area contributed by atoms with Crippen molar-refractivity contribution in [2.24, 2.45) is 0 Å². The van der Waals surface area contributed by atoms with Crippen LogP contribution in [0.5, 0.6) is 5.75 Å². The molecule has 0 radical (unpaired) electrons. The third kappa shape index (κ3) is 2.33. The zero-order valence-electron chi connectivity index (χ0n) is 11.9. The number of aromatic carboxylic acids is 1. The van der Waals surface area contributed by atoms with Crippen LogP contribution in [0.3, 0.4) is 0 Å². The predicted molar refractivity (Wildman–Crippen MR) is 72.4 cm³/mol. The van der Waals surface area contributed by atoms with E-state index in [4.69, 9.17) is 9.84 Å². The van der Waals surface area contributed by atoms with E-state index < -0.39 is 21.9 Å². The van der Waals surface area contributed by atoms with E-state index in [1.54, 1.807) is 0 Å². The average molecular weight is 279 g/mol. The predicted octanol–water partition coefficient (Wildman–Crippen LogP) is 3.13. The molecule has 0 atom stereocenters. The molecule has 1 aliphatic rings. The molecule has 1 aliphatic heterocycles. The van der Waals surface area contributed by atoms with Crippen LogP contribution >= 0.6 is 0 Å². The van der Waals surface area contributed by atoms with Crippen LogP contribution in [0.25, 0.3) is 0 Å². The van der Waals surface area contributed by atoms with Gasteiger partial charge >= 0.3 is 11.7 Å². The number of benzene rings is 1. The Morgan fingerprint density at radius 3 is 2.45 bits per heavy atom. The minimum atomic E-state index is -1.18. The van der Waals surface area contributed by atoms with Crippen LogP contribution in [-0.4, -0.2) is 21.6 Å². The fraction of sp³-hybridized carbons (Fsp3) is 0.500. The average Bonchev–Trinajstić information content (AvgIpc) is 2.24. The van der Waals surface area contributed by atoms with Gasteiger partial charge < -0.3 is 9.84 Å². The van der Waals surface area contributed by atoms with Gasteiger partial charge in [-0.1, -0.05) is 13.8 Å². The second-order valence-corrected chi connectivity index (χ2v) is 6.36. The molecular weight excluding hydrogens is 262 g/mol. The summed E-state index contributed by atoms with van der Waals surface area (Å²) in [7, 11) is 0. The highest BCUT2D eigenvalue weighted by Gasteiger charge is 2.43. The third-order valence-electron chi connectivity index (χ3n) is 3.49. The fourth-order valence-electron chi connectivity index (χ4n) is 2.95. The maximum Gasteiger partial charge on any atom is 0.335 e. The first-order chi connectivity index (χ1) is 9.03. The Labute approximate surface area is 116 Å². The number of hydrogen-bond acceptors (Lipinski definition) is 4. The number of ether oxygens (including phenoxy) is 1. The summed E-state index contributed by atoms with van der Waals surface area (Å²) >= 11 is 0. The van der Waals surface area contributed by atoms with Crippen molar-refractivity contribution in [3.8, 4) is 5.75 Å². The Hall–Kier alpha value is -2.11. The lowest BCUT2D eigenvalue weighted by molar-refractivity contribution is -0.386. The highest BCUT2D eigenvalue weighted by atomic mass is 16.6. The SMILES string of the molecule is CC1(C)CC(C)(C)c2cc(C(=O)O)cc([N+](=O)[O-])c2O1. The van der Waals surface area contributed by atoms with Crippen LogP contribution in [0.1, 0.15) is 50.0 Å². The van der Waals surface area contributed by atoms with Gasteiger partial charge in [0.05, 0.1) is 10.5 Å². The van der Waals surface area contributed by atoms with Gasteiger partial charge in [-0.15, -0.1) is 0 Å². The Morgan fingerprint density at radius 2 is 1.95 bits per heavy atom. The summed E-state index contributed by atoms with van der Waals surface area (Å²) in [6.07, 6.45) is 0.646.